The van der Waals surface area contributed by atoms with Crippen LogP contribution in [0.3, 0.4) is 0 Å². The molecule has 0 spiro atoms. The maximum absolute atomic E-state index is 5.35. The molecule has 1 atom stereocenters. The number of nitrogens with zero attached hydrogens (tertiary/aromatic N) is 5. The van der Waals surface area contributed by atoms with Crippen molar-refractivity contribution in [1.29, 1.82) is 0 Å². The van der Waals surface area contributed by atoms with Gasteiger partial charge in [-0.15, -0.1) is 5.10 Å². The monoisotopic (exact) mass is 337 g/mol. The third-order valence-corrected chi connectivity index (χ3v) is 5.00. The van der Waals surface area contributed by atoms with E-state index in [9.17, 15) is 0 Å². The molecule has 6 nitrogen and oxygen atoms in total. The predicted molar refractivity (Wildman–Crippen MR) is 98.2 cm³/mol. The van der Waals surface area contributed by atoms with Crippen LogP contribution in [0.2, 0.25) is 0 Å². The molecule has 3 heterocycles. The lowest BCUT2D eigenvalue weighted by atomic mass is 10.1. The van der Waals surface area contributed by atoms with E-state index in [0.29, 0.717) is 6.04 Å². The first kappa shape index (κ1) is 15.9. The smallest absolute Gasteiger partial charge is 0.153 e. The number of anilines is 1. The van der Waals surface area contributed by atoms with Crippen LogP contribution < -0.4 is 9.64 Å². The highest BCUT2D eigenvalue weighted by atomic mass is 16.5. The van der Waals surface area contributed by atoms with Crippen LogP contribution in [0.25, 0.3) is 5.65 Å². The minimum Gasteiger partial charge on any atom is -0.497 e. The average Bonchev–Trinajstić information content (AvgIpc) is 3.15. The van der Waals surface area contributed by atoms with Crippen molar-refractivity contribution in [3.8, 4) is 5.75 Å². The van der Waals surface area contributed by atoms with E-state index in [1.54, 1.807) is 13.3 Å². The van der Waals surface area contributed by atoms with Crippen LogP contribution in [-0.2, 0) is 0 Å². The van der Waals surface area contributed by atoms with Crippen molar-refractivity contribution in [3.05, 3.63) is 54.4 Å². The van der Waals surface area contributed by atoms with Gasteiger partial charge in [0.1, 0.15) is 11.6 Å². The maximum atomic E-state index is 5.35. The minimum atomic E-state index is 0.376. The standard InChI is InChI=1S/C19H23N5O/c1-15(16-4-3-5-17(14-16)25-2)22-10-12-23(13-11-22)19-7-6-18-20-8-9-24(18)21-19/h3-9,14-15H,10-13H2,1-2H3/t15-/m0/s1. The molecule has 0 radical (unpaired) electrons. The summed E-state index contributed by atoms with van der Waals surface area (Å²) in [5.41, 5.74) is 2.18. The summed E-state index contributed by atoms with van der Waals surface area (Å²) in [5, 5.41) is 4.65. The number of piperazine rings is 1. The van der Waals surface area contributed by atoms with Gasteiger partial charge in [-0.3, -0.25) is 4.90 Å². The minimum absolute atomic E-state index is 0.376. The van der Waals surface area contributed by atoms with Crippen LogP contribution in [-0.4, -0.2) is 52.8 Å². The molecule has 0 aliphatic carbocycles. The Morgan fingerprint density at radius 1 is 1.08 bits per heavy atom. The van der Waals surface area contributed by atoms with Gasteiger partial charge >= 0.3 is 0 Å². The Balaban J connectivity index is 1.43. The van der Waals surface area contributed by atoms with Gasteiger partial charge < -0.3 is 9.64 Å². The Bertz CT molecular complexity index is 854. The molecule has 2 aromatic heterocycles. The zero-order valence-corrected chi connectivity index (χ0v) is 14.7. The van der Waals surface area contributed by atoms with E-state index in [0.717, 1.165) is 43.4 Å². The number of hydrogen-bond donors (Lipinski definition) is 0. The molecule has 25 heavy (non-hydrogen) atoms. The fraction of sp³-hybridized carbons (Fsp3) is 0.368. The molecular weight excluding hydrogens is 314 g/mol. The summed E-state index contributed by atoms with van der Waals surface area (Å²) >= 11 is 0. The lowest BCUT2D eigenvalue weighted by molar-refractivity contribution is 0.198. The molecule has 1 saturated heterocycles. The Hall–Kier alpha value is -2.60. The summed E-state index contributed by atoms with van der Waals surface area (Å²) in [6.45, 7) is 6.24. The van der Waals surface area contributed by atoms with E-state index in [4.69, 9.17) is 4.74 Å². The molecular formula is C19H23N5O. The SMILES string of the molecule is COc1cccc([C@H](C)N2CCN(c3ccc4nccn4n3)CC2)c1. The quantitative estimate of drug-likeness (QED) is 0.732. The third kappa shape index (κ3) is 3.17. The molecule has 4 rings (SSSR count). The van der Waals surface area contributed by atoms with E-state index in [-0.39, 0.29) is 0 Å². The summed E-state index contributed by atoms with van der Waals surface area (Å²) in [5.74, 6) is 1.93. The number of fused-ring (bicyclic) bond motifs is 1. The molecule has 0 saturated carbocycles. The molecule has 3 aromatic rings. The van der Waals surface area contributed by atoms with Crippen LogP contribution in [0.4, 0.5) is 5.82 Å². The topological polar surface area (TPSA) is 45.9 Å². The van der Waals surface area contributed by atoms with Crippen molar-refractivity contribution in [1.82, 2.24) is 19.5 Å². The first-order valence-corrected chi connectivity index (χ1v) is 8.68. The summed E-state index contributed by atoms with van der Waals surface area (Å²) < 4.78 is 7.19. The van der Waals surface area contributed by atoms with Crippen molar-refractivity contribution < 1.29 is 4.74 Å². The highest BCUT2D eigenvalue weighted by molar-refractivity contribution is 5.46. The molecule has 1 fully saturated rings. The van der Waals surface area contributed by atoms with Gasteiger partial charge in [0, 0.05) is 44.6 Å². The number of imidazole rings is 1. The number of aromatic nitrogens is 3. The lowest BCUT2D eigenvalue weighted by Crippen LogP contribution is -2.47. The van der Waals surface area contributed by atoms with E-state index in [2.05, 4.69) is 51.1 Å². The van der Waals surface area contributed by atoms with Crippen LogP contribution in [0.1, 0.15) is 18.5 Å². The largest absolute Gasteiger partial charge is 0.497 e. The molecule has 0 unspecified atom stereocenters. The second-order valence-corrected chi connectivity index (χ2v) is 6.40. The van der Waals surface area contributed by atoms with Crippen molar-refractivity contribution >= 4 is 11.5 Å². The van der Waals surface area contributed by atoms with Crippen molar-refractivity contribution in [3.63, 3.8) is 0 Å². The molecule has 0 amide bonds. The fourth-order valence-electron chi connectivity index (χ4n) is 3.42. The second-order valence-electron chi connectivity index (χ2n) is 6.40. The first-order chi connectivity index (χ1) is 12.2. The van der Waals surface area contributed by atoms with Crippen molar-refractivity contribution in [2.45, 2.75) is 13.0 Å². The molecule has 1 aliphatic heterocycles. The van der Waals surface area contributed by atoms with Gasteiger partial charge in [0.05, 0.1) is 7.11 Å². The molecule has 1 aromatic carbocycles. The Morgan fingerprint density at radius 2 is 1.92 bits per heavy atom. The summed E-state index contributed by atoms with van der Waals surface area (Å²) in [6.07, 6.45) is 3.67. The summed E-state index contributed by atoms with van der Waals surface area (Å²) in [7, 11) is 1.71. The normalized spacial score (nSPS) is 17.0. The van der Waals surface area contributed by atoms with Gasteiger partial charge in [0.25, 0.3) is 0 Å². The van der Waals surface area contributed by atoms with Crippen molar-refractivity contribution in [2.24, 2.45) is 0 Å². The van der Waals surface area contributed by atoms with Crippen LogP contribution in [0.5, 0.6) is 5.75 Å². The third-order valence-electron chi connectivity index (χ3n) is 5.00. The first-order valence-electron chi connectivity index (χ1n) is 8.68. The number of ether oxygens (including phenoxy) is 1. The molecule has 130 valence electrons. The highest BCUT2D eigenvalue weighted by Gasteiger charge is 2.23. The maximum Gasteiger partial charge on any atom is 0.153 e. The van der Waals surface area contributed by atoms with Crippen LogP contribution >= 0.6 is 0 Å². The summed E-state index contributed by atoms with van der Waals surface area (Å²) in [4.78, 5) is 9.11. The number of benzene rings is 1. The predicted octanol–water partition coefficient (Wildman–Crippen LogP) is 2.62. The molecule has 0 bridgehead atoms. The van der Waals surface area contributed by atoms with E-state index in [1.165, 1.54) is 5.56 Å². The number of hydrogen-bond acceptors (Lipinski definition) is 5. The Kier molecular flexibility index (Phi) is 4.28. The van der Waals surface area contributed by atoms with Crippen molar-refractivity contribution in [2.75, 3.05) is 38.2 Å². The van der Waals surface area contributed by atoms with E-state index in [1.807, 2.05) is 22.8 Å². The zero-order valence-electron chi connectivity index (χ0n) is 14.7. The molecule has 0 N–H and O–H groups in total. The van der Waals surface area contributed by atoms with Gasteiger partial charge in [0.15, 0.2) is 5.65 Å². The highest BCUT2D eigenvalue weighted by Crippen LogP contribution is 2.25. The van der Waals surface area contributed by atoms with Gasteiger partial charge in [-0.25, -0.2) is 9.50 Å². The van der Waals surface area contributed by atoms with Gasteiger partial charge in [0.2, 0.25) is 0 Å². The number of rotatable bonds is 4. The Morgan fingerprint density at radius 3 is 2.72 bits per heavy atom. The molecule has 6 heteroatoms. The van der Waals surface area contributed by atoms with Gasteiger partial charge in [-0.1, -0.05) is 12.1 Å². The van der Waals surface area contributed by atoms with E-state index < -0.39 is 0 Å². The second kappa shape index (κ2) is 6.72. The van der Waals surface area contributed by atoms with Gasteiger partial charge in [-0.2, -0.15) is 0 Å². The number of methoxy groups -OCH3 is 1. The van der Waals surface area contributed by atoms with Crippen LogP contribution in [0, 0.1) is 0 Å². The fourth-order valence-corrected chi connectivity index (χ4v) is 3.42. The van der Waals surface area contributed by atoms with E-state index >= 15 is 0 Å². The Labute approximate surface area is 147 Å². The van der Waals surface area contributed by atoms with Crippen LogP contribution in [0.15, 0.2) is 48.8 Å². The zero-order chi connectivity index (χ0) is 17.2. The summed E-state index contributed by atoms with van der Waals surface area (Å²) in [6, 6.07) is 12.8. The molecule has 1 aliphatic rings. The lowest BCUT2D eigenvalue weighted by Gasteiger charge is -2.38. The van der Waals surface area contributed by atoms with Gasteiger partial charge in [-0.05, 0) is 36.8 Å². The average molecular weight is 337 g/mol.